The van der Waals surface area contributed by atoms with E-state index in [0.29, 0.717) is 32.3 Å². The molecule has 2 N–H and O–H groups in total. The topological polar surface area (TPSA) is 66.8 Å². The number of aliphatic carboxylic acids is 1. The van der Waals surface area contributed by atoms with E-state index in [4.69, 9.17) is 4.74 Å². The van der Waals surface area contributed by atoms with Crippen molar-refractivity contribution in [2.24, 2.45) is 11.3 Å². The van der Waals surface area contributed by atoms with Crippen molar-refractivity contribution in [2.45, 2.75) is 44.6 Å². The molecule has 0 aromatic carbocycles. The van der Waals surface area contributed by atoms with Gasteiger partial charge < -0.3 is 14.9 Å². The molecule has 0 radical (unpaired) electrons. The van der Waals surface area contributed by atoms with E-state index < -0.39 is 11.4 Å². The minimum atomic E-state index is -0.699. The van der Waals surface area contributed by atoms with Gasteiger partial charge in [0.1, 0.15) is 0 Å². The van der Waals surface area contributed by atoms with Crippen LogP contribution in [0.3, 0.4) is 0 Å². The lowest BCUT2D eigenvalue weighted by Crippen LogP contribution is -2.45. The van der Waals surface area contributed by atoms with Crippen LogP contribution in [0.15, 0.2) is 0 Å². The van der Waals surface area contributed by atoms with Crippen molar-refractivity contribution in [1.29, 1.82) is 0 Å². The van der Waals surface area contributed by atoms with Crippen molar-refractivity contribution in [2.75, 3.05) is 13.2 Å². The van der Waals surface area contributed by atoms with Gasteiger partial charge in [0.25, 0.3) is 0 Å². The monoisotopic (exact) mass is 228 g/mol. The number of hydrogen-bond donors (Lipinski definition) is 2. The van der Waals surface area contributed by atoms with Crippen LogP contribution in [0.4, 0.5) is 0 Å². The molecule has 4 heteroatoms. The number of aliphatic hydroxyl groups excluding tert-OH is 1. The van der Waals surface area contributed by atoms with Gasteiger partial charge in [-0.1, -0.05) is 0 Å². The van der Waals surface area contributed by atoms with Crippen LogP contribution >= 0.6 is 0 Å². The first-order chi connectivity index (χ1) is 7.65. The van der Waals surface area contributed by atoms with Gasteiger partial charge in [0.15, 0.2) is 0 Å². The van der Waals surface area contributed by atoms with Gasteiger partial charge in [0.05, 0.1) is 18.1 Å². The zero-order chi connectivity index (χ0) is 11.6. The summed E-state index contributed by atoms with van der Waals surface area (Å²) >= 11 is 0. The fourth-order valence-electron chi connectivity index (χ4n) is 3.09. The lowest BCUT2D eigenvalue weighted by molar-refractivity contribution is -0.161. The van der Waals surface area contributed by atoms with Crippen LogP contribution in [0.2, 0.25) is 0 Å². The predicted octanol–water partition coefficient (Wildman–Crippen LogP) is 1.42. The Balaban J connectivity index is 2.11. The van der Waals surface area contributed by atoms with Crippen molar-refractivity contribution in [1.82, 2.24) is 0 Å². The SMILES string of the molecule is O=C(O)C1(C2CCCOC2)CCC(O)CC1. The number of carboxylic acid groups (broad SMARTS) is 1. The van der Waals surface area contributed by atoms with E-state index >= 15 is 0 Å². The summed E-state index contributed by atoms with van der Waals surface area (Å²) in [6.45, 7) is 1.33. The van der Waals surface area contributed by atoms with E-state index in [1.54, 1.807) is 0 Å². The Hall–Kier alpha value is -0.610. The van der Waals surface area contributed by atoms with Gasteiger partial charge in [-0.15, -0.1) is 0 Å². The van der Waals surface area contributed by atoms with E-state index in [1.807, 2.05) is 0 Å². The van der Waals surface area contributed by atoms with Gasteiger partial charge >= 0.3 is 5.97 Å². The minimum absolute atomic E-state index is 0.131. The minimum Gasteiger partial charge on any atom is -0.481 e. The lowest BCUT2D eigenvalue weighted by Gasteiger charge is -2.42. The Kier molecular flexibility index (Phi) is 3.50. The van der Waals surface area contributed by atoms with Crippen LogP contribution in [0.25, 0.3) is 0 Å². The summed E-state index contributed by atoms with van der Waals surface area (Å²) in [5.41, 5.74) is -0.639. The molecular weight excluding hydrogens is 208 g/mol. The normalized spacial score (nSPS) is 40.6. The van der Waals surface area contributed by atoms with E-state index in [9.17, 15) is 15.0 Å². The molecule has 0 amide bonds. The van der Waals surface area contributed by atoms with Crippen LogP contribution in [0.5, 0.6) is 0 Å². The highest BCUT2D eigenvalue weighted by molar-refractivity contribution is 5.75. The van der Waals surface area contributed by atoms with Crippen molar-refractivity contribution >= 4 is 5.97 Å². The summed E-state index contributed by atoms with van der Waals surface area (Å²) in [5.74, 6) is -0.568. The van der Waals surface area contributed by atoms with Crippen LogP contribution in [-0.2, 0) is 9.53 Å². The van der Waals surface area contributed by atoms with Crippen molar-refractivity contribution < 1.29 is 19.7 Å². The molecule has 2 rings (SSSR count). The molecule has 1 aliphatic carbocycles. The van der Waals surface area contributed by atoms with Gasteiger partial charge in [0.2, 0.25) is 0 Å². The quantitative estimate of drug-likeness (QED) is 0.750. The van der Waals surface area contributed by atoms with Crippen LogP contribution in [0, 0.1) is 11.3 Å². The highest BCUT2D eigenvalue weighted by Crippen LogP contribution is 2.45. The summed E-state index contributed by atoms with van der Waals surface area (Å²) in [6, 6.07) is 0. The van der Waals surface area contributed by atoms with E-state index in [1.165, 1.54) is 0 Å². The maximum atomic E-state index is 11.5. The molecule has 1 aliphatic heterocycles. The Morgan fingerprint density at radius 2 is 1.94 bits per heavy atom. The summed E-state index contributed by atoms with van der Waals surface area (Å²) < 4.78 is 5.41. The maximum Gasteiger partial charge on any atom is 0.310 e. The molecule has 1 heterocycles. The summed E-state index contributed by atoms with van der Waals surface area (Å²) in [6.07, 6.45) is 4.02. The third kappa shape index (κ3) is 2.09. The molecule has 0 aromatic rings. The van der Waals surface area contributed by atoms with Crippen LogP contribution in [-0.4, -0.2) is 35.5 Å². The van der Waals surface area contributed by atoms with Gasteiger partial charge in [-0.3, -0.25) is 4.79 Å². The van der Waals surface area contributed by atoms with Crippen LogP contribution < -0.4 is 0 Å². The number of carbonyl (C=O) groups is 1. The second-order valence-corrected chi connectivity index (χ2v) is 5.11. The lowest BCUT2D eigenvalue weighted by atomic mass is 9.64. The molecule has 1 atom stereocenters. The van der Waals surface area contributed by atoms with E-state index in [0.717, 1.165) is 19.4 Å². The molecule has 1 saturated carbocycles. The second kappa shape index (κ2) is 4.72. The predicted molar refractivity (Wildman–Crippen MR) is 58.1 cm³/mol. The standard InChI is InChI=1S/C12H20O4/c13-10-3-5-12(6-4-10,11(14)15)9-2-1-7-16-8-9/h9-10,13H,1-8H2,(H,14,15). The molecular formula is C12H20O4. The van der Waals surface area contributed by atoms with Crippen molar-refractivity contribution in [3.63, 3.8) is 0 Å². The van der Waals surface area contributed by atoms with Gasteiger partial charge in [-0.05, 0) is 44.4 Å². The number of hydrogen-bond acceptors (Lipinski definition) is 3. The third-order valence-electron chi connectivity index (χ3n) is 4.22. The Labute approximate surface area is 95.6 Å². The highest BCUT2D eigenvalue weighted by atomic mass is 16.5. The number of aliphatic hydroxyl groups is 1. The molecule has 92 valence electrons. The zero-order valence-corrected chi connectivity index (χ0v) is 9.52. The van der Waals surface area contributed by atoms with Gasteiger partial charge in [-0.2, -0.15) is 0 Å². The molecule has 0 bridgehead atoms. The Morgan fingerprint density at radius 1 is 1.25 bits per heavy atom. The first kappa shape index (κ1) is 11.9. The maximum absolute atomic E-state index is 11.5. The summed E-state index contributed by atoms with van der Waals surface area (Å²) in [5, 5.41) is 19.0. The first-order valence-electron chi connectivity index (χ1n) is 6.14. The summed E-state index contributed by atoms with van der Waals surface area (Å²) in [4.78, 5) is 11.5. The zero-order valence-electron chi connectivity index (χ0n) is 9.52. The number of ether oxygens (including phenoxy) is 1. The fraction of sp³-hybridized carbons (Fsp3) is 0.917. The molecule has 0 aromatic heterocycles. The van der Waals surface area contributed by atoms with E-state index in [-0.39, 0.29) is 12.0 Å². The Bertz CT molecular complexity index is 250. The number of rotatable bonds is 2. The van der Waals surface area contributed by atoms with E-state index in [2.05, 4.69) is 0 Å². The number of carboxylic acids is 1. The molecule has 1 unspecified atom stereocenters. The average molecular weight is 228 g/mol. The Morgan fingerprint density at radius 3 is 2.44 bits per heavy atom. The second-order valence-electron chi connectivity index (χ2n) is 5.11. The molecule has 0 spiro atoms. The summed E-state index contributed by atoms with van der Waals surface area (Å²) in [7, 11) is 0. The van der Waals surface area contributed by atoms with Crippen molar-refractivity contribution in [3.8, 4) is 0 Å². The average Bonchev–Trinajstić information content (AvgIpc) is 2.31. The van der Waals surface area contributed by atoms with Crippen LogP contribution in [0.1, 0.15) is 38.5 Å². The molecule has 4 nitrogen and oxygen atoms in total. The molecule has 2 aliphatic rings. The van der Waals surface area contributed by atoms with Gasteiger partial charge in [-0.25, -0.2) is 0 Å². The van der Waals surface area contributed by atoms with Gasteiger partial charge in [0, 0.05) is 6.61 Å². The largest absolute Gasteiger partial charge is 0.481 e. The van der Waals surface area contributed by atoms with Crippen molar-refractivity contribution in [3.05, 3.63) is 0 Å². The smallest absolute Gasteiger partial charge is 0.310 e. The fourth-order valence-corrected chi connectivity index (χ4v) is 3.09. The highest BCUT2D eigenvalue weighted by Gasteiger charge is 2.48. The molecule has 1 saturated heterocycles. The molecule has 16 heavy (non-hydrogen) atoms. The first-order valence-corrected chi connectivity index (χ1v) is 6.14. The third-order valence-corrected chi connectivity index (χ3v) is 4.22. The molecule has 2 fully saturated rings.